The minimum Gasteiger partial charge on any atom is -0.450 e. The van der Waals surface area contributed by atoms with Gasteiger partial charge in [-0.15, -0.1) is 0 Å². The number of halogens is 1. The fourth-order valence-electron chi connectivity index (χ4n) is 1.36. The molecule has 0 aliphatic heterocycles. The molecule has 0 aromatic carbocycles. The molecule has 19 heavy (non-hydrogen) atoms. The van der Waals surface area contributed by atoms with Crippen LogP contribution in [-0.4, -0.2) is 22.5 Å². The molecule has 2 aromatic rings. The third-order valence-electron chi connectivity index (χ3n) is 2.35. The van der Waals surface area contributed by atoms with Crippen molar-refractivity contribution in [2.45, 2.75) is 13.8 Å². The highest BCUT2D eigenvalue weighted by Gasteiger charge is 2.15. The van der Waals surface area contributed by atoms with Crippen LogP contribution in [0.15, 0.2) is 27.4 Å². The van der Waals surface area contributed by atoms with Gasteiger partial charge in [0.15, 0.2) is 5.69 Å². The Bertz CT molecular complexity index is 598. The molecule has 0 atom stereocenters. The molecule has 100 valence electrons. The summed E-state index contributed by atoms with van der Waals surface area (Å²) in [4.78, 5) is 20.0. The number of nitrogens with zero attached hydrogens (tertiary/aromatic N) is 2. The predicted molar refractivity (Wildman–Crippen MR) is 72.3 cm³/mol. The molecule has 0 aliphatic carbocycles. The van der Waals surface area contributed by atoms with Crippen LogP contribution in [-0.2, 0) is 0 Å². The van der Waals surface area contributed by atoms with E-state index < -0.39 is 5.91 Å². The van der Waals surface area contributed by atoms with Crippen molar-refractivity contribution in [2.75, 3.05) is 11.9 Å². The van der Waals surface area contributed by atoms with Crippen molar-refractivity contribution in [3.63, 3.8) is 0 Å². The summed E-state index contributed by atoms with van der Waals surface area (Å²) in [5.74, 6) is 0.0729. The molecule has 0 bridgehead atoms. The summed E-state index contributed by atoms with van der Waals surface area (Å²) in [5, 5.41) is 2.66. The van der Waals surface area contributed by atoms with Gasteiger partial charge in [-0.3, -0.25) is 4.79 Å². The second kappa shape index (κ2) is 5.83. The summed E-state index contributed by atoms with van der Waals surface area (Å²) in [6.45, 7) is 4.08. The summed E-state index contributed by atoms with van der Waals surface area (Å²) in [5.41, 5.74) is 0.981. The van der Waals surface area contributed by atoms with Crippen LogP contribution in [0.25, 0.3) is 0 Å². The summed E-state index contributed by atoms with van der Waals surface area (Å²) < 4.78 is 10.9. The average molecular weight is 326 g/mol. The molecular weight excluding hydrogens is 314 g/mol. The Morgan fingerprint density at radius 2 is 2.37 bits per heavy atom. The van der Waals surface area contributed by atoms with E-state index in [2.05, 4.69) is 31.2 Å². The van der Waals surface area contributed by atoms with E-state index in [-0.39, 0.29) is 11.8 Å². The van der Waals surface area contributed by atoms with E-state index >= 15 is 0 Å². The molecule has 0 aliphatic rings. The lowest BCUT2D eigenvalue weighted by molar-refractivity contribution is 0.102. The minimum atomic E-state index is -0.400. The number of aromatic nitrogens is 2. The van der Waals surface area contributed by atoms with Crippen LogP contribution in [0.3, 0.4) is 0 Å². The van der Waals surface area contributed by atoms with E-state index in [1.54, 1.807) is 19.2 Å². The van der Waals surface area contributed by atoms with E-state index in [4.69, 9.17) is 9.15 Å². The summed E-state index contributed by atoms with van der Waals surface area (Å²) in [6.07, 6.45) is 2.92. The Balaban J connectivity index is 2.14. The summed E-state index contributed by atoms with van der Waals surface area (Å²) in [6, 6.07) is 1.80. The largest absolute Gasteiger partial charge is 0.450 e. The maximum atomic E-state index is 12.0. The van der Waals surface area contributed by atoms with Gasteiger partial charge in [-0.1, -0.05) is 15.9 Å². The zero-order valence-electron chi connectivity index (χ0n) is 10.4. The van der Waals surface area contributed by atoms with Crippen molar-refractivity contribution >= 4 is 27.7 Å². The van der Waals surface area contributed by atoms with E-state index in [0.29, 0.717) is 12.4 Å². The molecule has 2 aromatic heterocycles. The average Bonchev–Trinajstić information content (AvgIpc) is 2.84. The highest BCUT2D eigenvalue weighted by atomic mass is 79.9. The first kappa shape index (κ1) is 13.5. The molecule has 0 radical (unpaired) electrons. The first-order valence-electron chi connectivity index (χ1n) is 5.62. The number of carbonyl (C=O) groups is 1. The Labute approximate surface area is 118 Å². The van der Waals surface area contributed by atoms with Crippen molar-refractivity contribution < 1.29 is 13.9 Å². The van der Waals surface area contributed by atoms with Crippen molar-refractivity contribution in [3.8, 4) is 6.08 Å². The number of hydrogen-bond acceptors (Lipinski definition) is 5. The molecule has 0 spiro atoms. The fraction of sp³-hybridized carbons (Fsp3) is 0.250. The smallest absolute Gasteiger partial charge is 0.394 e. The van der Waals surface area contributed by atoms with Gasteiger partial charge in [0.25, 0.3) is 5.91 Å². The standard InChI is InChI=1S/C12H12BrN3O3/c1-3-18-12-15-9(6-19-12)11(17)16-10-7(2)8(13)4-5-14-10/h4-6H,3H2,1-2H3,(H,14,16,17). The predicted octanol–water partition coefficient (Wildman–Crippen LogP) is 2.79. The number of rotatable bonds is 4. The van der Waals surface area contributed by atoms with Crippen LogP contribution in [0, 0.1) is 6.92 Å². The monoisotopic (exact) mass is 325 g/mol. The fourth-order valence-corrected chi connectivity index (χ4v) is 1.67. The molecule has 0 saturated heterocycles. The van der Waals surface area contributed by atoms with Crippen molar-refractivity contribution in [3.05, 3.63) is 34.3 Å². The van der Waals surface area contributed by atoms with Crippen LogP contribution >= 0.6 is 15.9 Å². The van der Waals surface area contributed by atoms with Gasteiger partial charge in [-0.25, -0.2) is 4.98 Å². The van der Waals surface area contributed by atoms with E-state index in [9.17, 15) is 4.79 Å². The highest BCUT2D eigenvalue weighted by Crippen LogP contribution is 2.21. The van der Waals surface area contributed by atoms with Crippen LogP contribution in [0.4, 0.5) is 5.82 Å². The summed E-state index contributed by atoms with van der Waals surface area (Å²) in [7, 11) is 0. The van der Waals surface area contributed by atoms with Gasteiger partial charge in [0.2, 0.25) is 0 Å². The first-order valence-corrected chi connectivity index (χ1v) is 6.42. The van der Waals surface area contributed by atoms with E-state index in [0.717, 1.165) is 10.0 Å². The topological polar surface area (TPSA) is 77.2 Å². The Hall–Kier alpha value is -1.89. The number of nitrogens with one attached hydrogen (secondary N) is 1. The molecule has 2 rings (SSSR count). The van der Waals surface area contributed by atoms with Gasteiger partial charge >= 0.3 is 6.08 Å². The second-order valence-electron chi connectivity index (χ2n) is 3.65. The molecule has 7 heteroatoms. The normalized spacial score (nSPS) is 10.3. The van der Waals surface area contributed by atoms with Gasteiger partial charge in [0, 0.05) is 16.2 Å². The first-order chi connectivity index (χ1) is 9.11. The van der Waals surface area contributed by atoms with Gasteiger partial charge in [-0.2, -0.15) is 4.98 Å². The maximum absolute atomic E-state index is 12.0. The molecule has 0 unspecified atom stereocenters. The molecule has 6 nitrogen and oxygen atoms in total. The highest BCUT2D eigenvalue weighted by molar-refractivity contribution is 9.10. The Morgan fingerprint density at radius 1 is 1.58 bits per heavy atom. The zero-order chi connectivity index (χ0) is 13.8. The Morgan fingerprint density at radius 3 is 3.11 bits per heavy atom. The zero-order valence-corrected chi connectivity index (χ0v) is 12.0. The van der Waals surface area contributed by atoms with Gasteiger partial charge < -0.3 is 14.5 Å². The van der Waals surface area contributed by atoms with E-state index in [1.165, 1.54) is 6.26 Å². The van der Waals surface area contributed by atoms with Gasteiger partial charge in [-0.05, 0) is 19.9 Å². The van der Waals surface area contributed by atoms with Crippen molar-refractivity contribution in [1.82, 2.24) is 9.97 Å². The van der Waals surface area contributed by atoms with Gasteiger partial charge in [0.05, 0.1) is 6.61 Å². The number of oxazole rings is 1. The molecular formula is C12H12BrN3O3. The number of anilines is 1. The number of hydrogen-bond donors (Lipinski definition) is 1. The molecule has 0 fully saturated rings. The third kappa shape index (κ3) is 3.11. The van der Waals surface area contributed by atoms with Crippen LogP contribution in [0.1, 0.15) is 23.0 Å². The lowest BCUT2D eigenvalue weighted by atomic mass is 10.3. The molecule has 2 heterocycles. The minimum absolute atomic E-state index is 0.0755. The third-order valence-corrected chi connectivity index (χ3v) is 3.21. The molecule has 0 saturated carbocycles. The van der Waals surface area contributed by atoms with E-state index in [1.807, 2.05) is 6.92 Å². The second-order valence-corrected chi connectivity index (χ2v) is 4.51. The van der Waals surface area contributed by atoms with Gasteiger partial charge in [0.1, 0.15) is 12.1 Å². The SMILES string of the molecule is CCOc1nc(C(=O)Nc2nccc(Br)c2C)co1. The summed E-state index contributed by atoms with van der Waals surface area (Å²) >= 11 is 3.37. The van der Waals surface area contributed by atoms with Crippen LogP contribution in [0.2, 0.25) is 0 Å². The maximum Gasteiger partial charge on any atom is 0.394 e. The Kier molecular flexibility index (Phi) is 4.16. The number of pyridine rings is 1. The van der Waals surface area contributed by atoms with Crippen LogP contribution in [0.5, 0.6) is 6.08 Å². The quantitative estimate of drug-likeness (QED) is 0.935. The lowest BCUT2D eigenvalue weighted by Crippen LogP contribution is -2.14. The lowest BCUT2D eigenvalue weighted by Gasteiger charge is -2.06. The number of ether oxygens (including phenoxy) is 1. The number of amides is 1. The molecule has 1 N–H and O–H groups in total. The van der Waals surface area contributed by atoms with Crippen molar-refractivity contribution in [1.29, 1.82) is 0 Å². The molecule has 1 amide bonds. The van der Waals surface area contributed by atoms with Crippen molar-refractivity contribution in [2.24, 2.45) is 0 Å². The van der Waals surface area contributed by atoms with Crippen LogP contribution < -0.4 is 10.1 Å². The number of carbonyl (C=O) groups excluding carboxylic acids is 1.